The molecule has 8 heteroatoms. The van der Waals surface area contributed by atoms with Gasteiger partial charge in [-0.15, -0.1) is 0 Å². The van der Waals surface area contributed by atoms with Crippen molar-refractivity contribution < 1.29 is 14.3 Å². The third-order valence-electron chi connectivity index (χ3n) is 3.36. The maximum absolute atomic E-state index is 14.8. The first-order chi connectivity index (χ1) is 10.9. The van der Waals surface area contributed by atoms with Crippen molar-refractivity contribution in [2.45, 2.75) is 0 Å². The van der Waals surface area contributed by atoms with Crippen LogP contribution in [0.4, 0.5) is 15.8 Å². The minimum atomic E-state index is -1.26. The lowest BCUT2D eigenvalue weighted by Gasteiger charge is -2.13. The highest BCUT2D eigenvalue weighted by atomic mass is 79.9. The number of carboxylic acids is 1. The fraction of sp³-hybridized carbons (Fsp3) is 0.0667. The number of aromatic nitrogens is 2. The van der Waals surface area contributed by atoms with E-state index in [4.69, 9.17) is 11.6 Å². The van der Waals surface area contributed by atoms with Crippen molar-refractivity contribution in [3.8, 4) is 0 Å². The van der Waals surface area contributed by atoms with Gasteiger partial charge in [0.2, 0.25) is 0 Å². The molecule has 2 N–H and O–H groups in total. The van der Waals surface area contributed by atoms with Crippen LogP contribution >= 0.6 is 27.5 Å². The van der Waals surface area contributed by atoms with E-state index in [-0.39, 0.29) is 22.3 Å². The normalized spacial score (nSPS) is 11.0. The minimum Gasteiger partial charge on any atom is -0.478 e. The second-order valence-electron chi connectivity index (χ2n) is 4.89. The molecule has 23 heavy (non-hydrogen) atoms. The number of aromatic carboxylic acids is 1. The molecule has 0 aliphatic carbocycles. The largest absolute Gasteiger partial charge is 0.478 e. The van der Waals surface area contributed by atoms with E-state index >= 15 is 0 Å². The fourth-order valence-corrected chi connectivity index (χ4v) is 3.00. The number of nitrogens with one attached hydrogen (secondary N) is 1. The molecule has 0 atom stereocenters. The van der Waals surface area contributed by atoms with E-state index in [1.54, 1.807) is 25.2 Å². The van der Waals surface area contributed by atoms with E-state index in [2.05, 4.69) is 26.2 Å². The molecule has 118 valence electrons. The molecule has 0 spiro atoms. The number of anilines is 2. The van der Waals surface area contributed by atoms with Gasteiger partial charge >= 0.3 is 5.97 Å². The van der Waals surface area contributed by atoms with Crippen LogP contribution in [-0.4, -0.2) is 20.6 Å². The van der Waals surface area contributed by atoms with Gasteiger partial charge < -0.3 is 15.0 Å². The molecule has 5 nitrogen and oxygen atoms in total. The molecule has 3 rings (SSSR count). The summed E-state index contributed by atoms with van der Waals surface area (Å²) in [6, 6.07) is 6.31. The first kappa shape index (κ1) is 15.8. The van der Waals surface area contributed by atoms with Crippen LogP contribution in [0.2, 0.25) is 5.02 Å². The first-order valence-corrected chi connectivity index (χ1v) is 7.64. The highest BCUT2D eigenvalue weighted by molar-refractivity contribution is 9.10. The molecule has 0 aliphatic heterocycles. The van der Waals surface area contributed by atoms with E-state index in [0.29, 0.717) is 10.7 Å². The molecular weight excluding hydrogens is 389 g/mol. The fourth-order valence-electron chi connectivity index (χ4n) is 2.28. The SMILES string of the molecule is Cn1cnc2cc(C(=O)O)c(Nc3ccc(Br)cc3Cl)c(F)c21. The van der Waals surface area contributed by atoms with Crippen LogP contribution in [0.15, 0.2) is 35.1 Å². The highest BCUT2D eigenvalue weighted by Crippen LogP contribution is 2.34. The Hall–Kier alpha value is -2.12. The van der Waals surface area contributed by atoms with Crippen molar-refractivity contribution in [2.75, 3.05) is 5.32 Å². The third kappa shape index (κ3) is 2.77. The lowest BCUT2D eigenvalue weighted by molar-refractivity contribution is 0.0697. The minimum absolute atomic E-state index is 0.155. The van der Waals surface area contributed by atoms with E-state index in [1.807, 2.05) is 0 Å². The Morgan fingerprint density at radius 2 is 2.17 bits per heavy atom. The summed E-state index contributed by atoms with van der Waals surface area (Å²) in [5.74, 6) is -1.95. The van der Waals surface area contributed by atoms with Crippen LogP contribution in [0.5, 0.6) is 0 Å². The summed E-state index contributed by atoms with van der Waals surface area (Å²) in [7, 11) is 1.63. The van der Waals surface area contributed by atoms with Crippen molar-refractivity contribution in [2.24, 2.45) is 7.05 Å². The standard InChI is InChI=1S/C15H10BrClFN3O2/c1-21-6-19-11-5-8(15(22)23)13(12(18)14(11)21)20-10-3-2-7(16)4-9(10)17/h2-6,20H,1H3,(H,22,23). The van der Waals surface area contributed by atoms with Crippen LogP contribution in [0.1, 0.15) is 10.4 Å². The van der Waals surface area contributed by atoms with Gasteiger partial charge in [0.05, 0.1) is 33.8 Å². The molecule has 0 saturated heterocycles. The van der Waals surface area contributed by atoms with Crippen molar-refractivity contribution in [1.82, 2.24) is 9.55 Å². The van der Waals surface area contributed by atoms with Gasteiger partial charge in [-0.25, -0.2) is 14.2 Å². The average molecular weight is 399 g/mol. The molecule has 0 fully saturated rings. The topological polar surface area (TPSA) is 67.2 Å². The number of hydrogen-bond donors (Lipinski definition) is 2. The highest BCUT2D eigenvalue weighted by Gasteiger charge is 2.21. The number of halogens is 3. The van der Waals surface area contributed by atoms with Crippen LogP contribution in [0, 0.1) is 5.82 Å². The van der Waals surface area contributed by atoms with Crippen molar-refractivity contribution in [3.05, 3.63) is 51.5 Å². The molecule has 0 radical (unpaired) electrons. The number of carboxylic acid groups (broad SMARTS) is 1. The summed E-state index contributed by atoms with van der Waals surface area (Å²) < 4.78 is 17.1. The molecule has 1 aromatic heterocycles. The van der Waals surface area contributed by atoms with Gasteiger partial charge in [0.25, 0.3) is 0 Å². The monoisotopic (exact) mass is 397 g/mol. The van der Waals surface area contributed by atoms with Gasteiger partial charge in [-0.2, -0.15) is 0 Å². The third-order valence-corrected chi connectivity index (χ3v) is 4.17. The number of carbonyl (C=O) groups is 1. The quantitative estimate of drug-likeness (QED) is 0.678. The Morgan fingerprint density at radius 3 is 2.83 bits per heavy atom. The first-order valence-electron chi connectivity index (χ1n) is 6.47. The summed E-state index contributed by atoms with van der Waals surface area (Å²) in [4.78, 5) is 15.5. The lowest BCUT2D eigenvalue weighted by Crippen LogP contribution is -2.07. The molecular formula is C15H10BrClFN3O2. The number of hydrogen-bond acceptors (Lipinski definition) is 3. The van der Waals surface area contributed by atoms with Gasteiger partial charge in [-0.3, -0.25) is 0 Å². The van der Waals surface area contributed by atoms with Crippen molar-refractivity contribution in [1.29, 1.82) is 0 Å². The Bertz CT molecular complexity index is 942. The maximum Gasteiger partial charge on any atom is 0.338 e. The van der Waals surface area contributed by atoms with E-state index < -0.39 is 11.8 Å². The molecule has 0 unspecified atom stereocenters. The Morgan fingerprint density at radius 1 is 1.43 bits per heavy atom. The lowest BCUT2D eigenvalue weighted by atomic mass is 10.1. The van der Waals surface area contributed by atoms with Crippen LogP contribution in [0.3, 0.4) is 0 Å². The molecule has 3 aromatic rings. The van der Waals surface area contributed by atoms with Crippen molar-refractivity contribution in [3.63, 3.8) is 0 Å². The zero-order valence-corrected chi connectivity index (χ0v) is 14.1. The smallest absolute Gasteiger partial charge is 0.338 e. The van der Waals surface area contributed by atoms with Gasteiger partial charge in [0.1, 0.15) is 5.52 Å². The summed E-state index contributed by atoms with van der Waals surface area (Å²) in [5.41, 5.74) is 0.517. The molecule has 0 saturated carbocycles. The molecule has 0 amide bonds. The van der Waals surface area contributed by atoms with Crippen LogP contribution in [0.25, 0.3) is 11.0 Å². The summed E-state index contributed by atoms with van der Waals surface area (Å²) >= 11 is 9.39. The van der Waals surface area contributed by atoms with E-state index in [9.17, 15) is 14.3 Å². The Labute approximate surface area is 143 Å². The molecule has 0 aliphatic rings. The predicted molar refractivity (Wildman–Crippen MR) is 90.1 cm³/mol. The second-order valence-corrected chi connectivity index (χ2v) is 6.21. The van der Waals surface area contributed by atoms with E-state index in [1.165, 1.54) is 17.0 Å². The number of aryl methyl sites for hydroxylation is 1. The zero-order chi connectivity index (χ0) is 16.7. The molecule has 2 aromatic carbocycles. The second kappa shape index (κ2) is 5.82. The molecule has 0 bridgehead atoms. The molecule has 1 heterocycles. The zero-order valence-electron chi connectivity index (χ0n) is 11.8. The maximum atomic E-state index is 14.8. The number of nitrogens with zero attached hydrogens (tertiary/aromatic N) is 2. The number of fused-ring (bicyclic) bond motifs is 1. The average Bonchev–Trinajstić information content (AvgIpc) is 2.85. The van der Waals surface area contributed by atoms with Gasteiger partial charge in [-0.1, -0.05) is 27.5 Å². The van der Waals surface area contributed by atoms with Gasteiger partial charge in [0, 0.05) is 11.5 Å². The van der Waals surface area contributed by atoms with Crippen LogP contribution in [-0.2, 0) is 7.05 Å². The summed E-state index contributed by atoms with van der Waals surface area (Å²) in [6.45, 7) is 0. The van der Waals surface area contributed by atoms with E-state index in [0.717, 1.165) is 4.47 Å². The predicted octanol–water partition coefficient (Wildman–Crippen LogP) is 4.57. The van der Waals surface area contributed by atoms with Crippen molar-refractivity contribution >= 4 is 55.9 Å². The summed E-state index contributed by atoms with van der Waals surface area (Å²) in [6.07, 6.45) is 1.43. The summed E-state index contributed by atoms with van der Waals surface area (Å²) in [5, 5.41) is 12.5. The van der Waals surface area contributed by atoms with Gasteiger partial charge in [-0.05, 0) is 24.3 Å². The number of rotatable bonds is 3. The van der Waals surface area contributed by atoms with Gasteiger partial charge in [0.15, 0.2) is 5.82 Å². The number of imidazole rings is 1. The Kier molecular flexibility index (Phi) is 3.99. The number of benzene rings is 2. The Balaban J connectivity index is 2.22. The van der Waals surface area contributed by atoms with Crippen LogP contribution < -0.4 is 5.32 Å².